The Morgan fingerprint density at radius 1 is 0.722 bits per heavy atom. The van der Waals surface area contributed by atoms with Crippen LogP contribution in [0, 0.1) is 5.92 Å². The van der Waals surface area contributed by atoms with Gasteiger partial charge in [0.2, 0.25) is 41.4 Å². The van der Waals surface area contributed by atoms with Crippen LogP contribution in [0.1, 0.15) is 53.4 Å². The number of aliphatic imine (C=N–C) groups is 1. The van der Waals surface area contributed by atoms with Crippen molar-refractivity contribution in [1.82, 2.24) is 31.9 Å². The van der Waals surface area contributed by atoms with E-state index >= 15 is 0 Å². The lowest BCUT2D eigenvalue weighted by atomic mass is 10.0. The molecule has 0 radical (unpaired) electrons. The van der Waals surface area contributed by atoms with Crippen LogP contribution >= 0.6 is 21.6 Å². The number of nitrogens with zero attached hydrogens (tertiary/aromatic N) is 1. The van der Waals surface area contributed by atoms with Crippen LogP contribution in [0.15, 0.2) is 4.99 Å². The largest absolute Gasteiger partial charge is 0.481 e. The molecule has 0 saturated carbocycles. The molecule has 0 aliphatic carbocycles. The quantitative estimate of drug-likeness (QED) is 0.0401. The van der Waals surface area contributed by atoms with E-state index in [1.54, 1.807) is 13.8 Å². The summed E-state index contributed by atoms with van der Waals surface area (Å²) in [7, 11) is 2.10. The van der Waals surface area contributed by atoms with Crippen LogP contribution in [-0.2, 0) is 38.4 Å². The van der Waals surface area contributed by atoms with Crippen LogP contribution in [0.5, 0.6) is 0 Å². The number of hydrogen-bond acceptors (Lipinski definition) is 14. The number of carbonyl (C=O) groups is 8. The molecule has 24 heteroatoms. The molecule has 22 nitrogen and oxygen atoms in total. The van der Waals surface area contributed by atoms with Gasteiger partial charge in [0.1, 0.15) is 36.3 Å². The van der Waals surface area contributed by atoms with Gasteiger partial charge in [-0.2, -0.15) is 0 Å². The minimum Gasteiger partial charge on any atom is -0.481 e. The Morgan fingerprint density at radius 2 is 1.20 bits per heavy atom. The number of guanidine groups is 1. The second-order valence-electron chi connectivity index (χ2n) is 13.0. The summed E-state index contributed by atoms with van der Waals surface area (Å²) in [6, 6.07) is -10.6. The third-order valence-corrected chi connectivity index (χ3v) is 10.1. The molecule has 17 N–H and O–H groups in total. The average Bonchev–Trinajstić information content (AvgIpc) is 3.05. The number of carbonyl (C=O) groups excluding carboxylic acids is 7. The molecular formula is C30H53N11O11S2. The molecule has 0 aromatic heterocycles. The molecule has 1 aliphatic rings. The van der Waals surface area contributed by atoms with Crippen molar-refractivity contribution in [3.8, 4) is 0 Å². The number of hydrogen-bond donors (Lipinski definition) is 13. The standard InChI is InChI=1S/C30H53N11O11S2/c1-12(2)8-17-26(49)39-19(23(32)46)11-54-53-10-15(31)24(47)36-16(6-5-7-35-30(33)34)25(48)40-21(13(3)42)29(52)38-18(9-20(44)45)27(50)41-22(14(4)43)28(51)37-17/h12-19,21-22,42-43H,5-11,31H2,1-4H3,(H2,32,46)(H,36,47)(H,37,51)(H,38,52)(H,39,49)(H,40,48)(H,41,50)(H,44,45)(H4,33,34,35)/t13-,14-,15-,16-,17-,18-,19-,21+,22+/m1/s1. The van der Waals surface area contributed by atoms with E-state index in [1.807, 2.05) is 0 Å². The van der Waals surface area contributed by atoms with Crippen LogP contribution in [0.2, 0.25) is 0 Å². The predicted molar refractivity (Wildman–Crippen MR) is 199 cm³/mol. The molecule has 7 amide bonds. The zero-order chi connectivity index (χ0) is 41.3. The van der Waals surface area contributed by atoms with Gasteiger partial charge in [0.05, 0.1) is 24.7 Å². The molecule has 306 valence electrons. The zero-order valence-electron chi connectivity index (χ0n) is 30.4. The van der Waals surface area contributed by atoms with Crippen LogP contribution < -0.4 is 54.8 Å². The summed E-state index contributed by atoms with van der Waals surface area (Å²) in [6.45, 7) is 5.79. The number of carboxylic acids is 1. The van der Waals surface area contributed by atoms with Crippen LogP contribution in [0.3, 0.4) is 0 Å². The number of aliphatic hydroxyl groups excluding tert-OH is 2. The van der Waals surface area contributed by atoms with E-state index in [0.717, 1.165) is 35.4 Å². The SMILES string of the molecule is CC(C)C[C@H]1NC(=O)[C@H]([C@@H](C)O)NC(=O)[C@@H](CC(=O)O)NC(=O)[C@H]([C@@H](C)O)NC(=O)[C@@H](CCCN=C(N)N)NC(=O)[C@H](N)CSSC[C@H](C(N)=O)NC1=O. The lowest BCUT2D eigenvalue weighted by Crippen LogP contribution is -2.63. The summed E-state index contributed by atoms with van der Waals surface area (Å²) in [4.78, 5) is 108. The molecule has 1 fully saturated rings. The number of aliphatic hydroxyl groups is 2. The van der Waals surface area contributed by atoms with Crippen LogP contribution in [-0.4, -0.2) is 141 Å². The van der Waals surface area contributed by atoms with Crippen molar-refractivity contribution < 1.29 is 53.7 Å². The number of aliphatic carboxylic acids is 1. The normalized spacial score (nSPS) is 27.1. The molecule has 1 saturated heterocycles. The third-order valence-electron chi connectivity index (χ3n) is 7.62. The van der Waals surface area contributed by atoms with E-state index in [2.05, 4.69) is 36.9 Å². The Labute approximate surface area is 319 Å². The minimum absolute atomic E-state index is 0.0365. The van der Waals surface area contributed by atoms with Gasteiger partial charge in [-0.1, -0.05) is 35.4 Å². The van der Waals surface area contributed by atoms with Crippen LogP contribution in [0.25, 0.3) is 0 Å². The van der Waals surface area contributed by atoms with Gasteiger partial charge in [-0.15, -0.1) is 0 Å². The molecule has 0 aromatic carbocycles. The van der Waals surface area contributed by atoms with E-state index < -0.39 is 108 Å². The Bertz CT molecular complexity index is 1380. The van der Waals surface area contributed by atoms with Crippen molar-refractivity contribution in [2.45, 2.75) is 108 Å². The summed E-state index contributed by atoms with van der Waals surface area (Å²) in [5, 5.41) is 44.4. The molecule has 0 aromatic rings. The van der Waals surface area contributed by atoms with Gasteiger partial charge < -0.3 is 70.2 Å². The molecule has 1 heterocycles. The third kappa shape index (κ3) is 17.2. The van der Waals surface area contributed by atoms with Crippen molar-refractivity contribution in [3.63, 3.8) is 0 Å². The minimum atomic E-state index is -1.92. The summed E-state index contributed by atoms with van der Waals surface area (Å²) in [6.07, 6.45) is -4.18. The Morgan fingerprint density at radius 3 is 1.69 bits per heavy atom. The smallest absolute Gasteiger partial charge is 0.305 e. The van der Waals surface area contributed by atoms with E-state index in [0.29, 0.717) is 0 Å². The molecule has 0 unspecified atom stereocenters. The van der Waals surface area contributed by atoms with E-state index in [4.69, 9.17) is 22.9 Å². The molecular weight excluding hydrogens is 755 g/mol. The first-order chi connectivity index (χ1) is 25.1. The van der Waals surface area contributed by atoms with Gasteiger partial charge in [-0.25, -0.2) is 0 Å². The molecule has 54 heavy (non-hydrogen) atoms. The second kappa shape index (κ2) is 23.4. The molecule has 1 rings (SSSR count). The number of primary amides is 1. The first-order valence-electron chi connectivity index (χ1n) is 16.9. The highest BCUT2D eigenvalue weighted by atomic mass is 33.1. The number of rotatable bonds is 11. The first-order valence-corrected chi connectivity index (χ1v) is 19.4. The highest BCUT2D eigenvalue weighted by Crippen LogP contribution is 2.23. The van der Waals surface area contributed by atoms with Crippen molar-refractivity contribution >= 4 is 74.9 Å². The van der Waals surface area contributed by atoms with Gasteiger partial charge in [-0.3, -0.25) is 43.3 Å². The number of nitrogens with one attached hydrogen (secondary N) is 6. The second-order valence-corrected chi connectivity index (χ2v) is 15.5. The Kier molecular flexibility index (Phi) is 20.6. The van der Waals surface area contributed by atoms with Crippen molar-refractivity contribution in [1.29, 1.82) is 0 Å². The summed E-state index contributed by atoms with van der Waals surface area (Å²) >= 11 is 0. The fourth-order valence-corrected chi connectivity index (χ4v) is 7.06. The number of carboxylic acid groups (broad SMARTS) is 1. The van der Waals surface area contributed by atoms with Gasteiger partial charge in [0, 0.05) is 18.1 Å². The molecule has 1 aliphatic heterocycles. The van der Waals surface area contributed by atoms with Crippen LogP contribution in [0.4, 0.5) is 0 Å². The molecule has 0 spiro atoms. The van der Waals surface area contributed by atoms with Crippen molar-refractivity contribution in [2.24, 2.45) is 33.8 Å². The summed E-state index contributed by atoms with van der Waals surface area (Å²) in [5.74, 6) is -9.15. The number of amides is 7. The highest BCUT2D eigenvalue weighted by molar-refractivity contribution is 8.76. The van der Waals surface area contributed by atoms with Gasteiger partial charge in [0.25, 0.3) is 0 Å². The fourth-order valence-electron chi connectivity index (χ4n) is 4.76. The Balaban J connectivity index is 3.63. The first kappa shape index (κ1) is 47.6. The van der Waals surface area contributed by atoms with Gasteiger partial charge >= 0.3 is 5.97 Å². The maximum Gasteiger partial charge on any atom is 0.305 e. The van der Waals surface area contributed by atoms with Crippen molar-refractivity contribution in [3.05, 3.63) is 0 Å². The predicted octanol–water partition coefficient (Wildman–Crippen LogP) is -5.56. The lowest BCUT2D eigenvalue weighted by molar-refractivity contribution is -0.142. The Hall–Kier alpha value is -4.39. The summed E-state index contributed by atoms with van der Waals surface area (Å²) < 4.78 is 0. The maximum atomic E-state index is 13.5. The zero-order valence-corrected chi connectivity index (χ0v) is 32.0. The van der Waals surface area contributed by atoms with Gasteiger partial charge in [-0.05, 0) is 39.0 Å². The van der Waals surface area contributed by atoms with Gasteiger partial charge in [0.15, 0.2) is 5.96 Å². The number of nitrogens with two attached hydrogens (primary N) is 4. The maximum absolute atomic E-state index is 13.5. The fraction of sp³-hybridized carbons (Fsp3) is 0.700. The highest BCUT2D eigenvalue weighted by Gasteiger charge is 2.37. The van der Waals surface area contributed by atoms with E-state index in [-0.39, 0.29) is 49.2 Å². The average molecular weight is 808 g/mol. The molecule has 9 atom stereocenters. The van der Waals surface area contributed by atoms with Crippen molar-refractivity contribution in [2.75, 3.05) is 18.1 Å². The lowest BCUT2D eigenvalue weighted by Gasteiger charge is -2.29. The summed E-state index contributed by atoms with van der Waals surface area (Å²) in [5.41, 5.74) is 22.3. The monoisotopic (exact) mass is 807 g/mol. The van der Waals surface area contributed by atoms with E-state index in [1.165, 1.54) is 0 Å². The topological polar surface area (TPSA) is 386 Å². The van der Waals surface area contributed by atoms with E-state index in [9.17, 15) is 53.7 Å². The molecule has 0 bridgehead atoms.